The van der Waals surface area contributed by atoms with Crippen molar-refractivity contribution in [2.24, 2.45) is 5.92 Å². The van der Waals surface area contributed by atoms with Crippen LogP contribution < -0.4 is 10.6 Å². The summed E-state index contributed by atoms with van der Waals surface area (Å²) < 4.78 is 5.45. The summed E-state index contributed by atoms with van der Waals surface area (Å²) in [6.45, 7) is 11.3. The van der Waals surface area contributed by atoms with Crippen LogP contribution in [0.4, 0.5) is 0 Å². The molecule has 0 heterocycles. The lowest BCUT2D eigenvalue weighted by Gasteiger charge is -2.09. The predicted molar refractivity (Wildman–Crippen MR) is 75.7 cm³/mol. The monoisotopic (exact) mass is 258 g/mol. The summed E-state index contributed by atoms with van der Waals surface area (Å²) in [5.41, 5.74) is 0. The Morgan fingerprint density at radius 3 is 2.44 bits per heavy atom. The minimum Gasteiger partial charge on any atom is -0.379 e. The molecule has 1 amide bonds. The van der Waals surface area contributed by atoms with Crippen LogP contribution in [0, 0.1) is 5.92 Å². The summed E-state index contributed by atoms with van der Waals surface area (Å²) in [5.74, 6) is 0.674. The van der Waals surface area contributed by atoms with Gasteiger partial charge in [0.05, 0.1) is 12.6 Å². The van der Waals surface area contributed by atoms with Gasteiger partial charge in [0.15, 0.2) is 0 Å². The Morgan fingerprint density at radius 1 is 1.11 bits per heavy atom. The zero-order valence-electron chi connectivity index (χ0n) is 12.4. The fourth-order valence-electron chi connectivity index (χ4n) is 1.49. The molecule has 0 aromatic heterocycles. The highest BCUT2D eigenvalue weighted by atomic mass is 16.5. The maximum atomic E-state index is 11.4. The van der Waals surface area contributed by atoms with Crippen LogP contribution in [0.15, 0.2) is 0 Å². The van der Waals surface area contributed by atoms with Crippen molar-refractivity contribution in [3.05, 3.63) is 0 Å². The highest BCUT2D eigenvalue weighted by Gasteiger charge is 2.00. The van der Waals surface area contributed by atoms with Gasteiger partial charge in [-0.3, -0.25) is 4.79 Å². The summed E-state index contributed by atoms with van der Waals surface area (Å²) in [5, 5.41) is 6.04. The van der Waals surface area contributed by atoms with Crippen molar-refractivity contribution in [3.63, 3.8) is 0 Å². The van der Waals surface area contributed by atoms with Gasteiger partial charge >= 0.3 is 0 Å². The van der Waals surface area contributed by atoms with Crippen LogP contribution in [-0.2, 0) is 9.53 Å². The second-order valence-corrected chi connectivity index (χ2v) is 5.35. The molecule has 0 spiro atoms. The lowest BCUT2D eigenvalue weighted by Crippen LogP contribution is -2.35. The lowest BCUT2D eigenvalue weighted by atomic mass is 10.2. The number of hydrogen-bond donors (Lipinski definition) is 2. The SMILES string of the molecule is CC(C)CNCC(=O)NCCCCCOC(C)C. The number of rotatable bonds is 11. The van der Waals surface area contributed by atoms with Crippen molar-refractivity contribution < 1.29 is 9.53 Å². The molecule has 108 valence electrons. The largest absolute Gasteiger partial charge is 0.379 e. The summed E-state index contributed by atoms with van der Waals surface area (Å²) in [7, 11) is 0. The highest BCUT2D eigenvalue weighted by molar-refractivity contribution is 5.77. The van der Waals surface area contributed by atoms with E-state index in [1.54, 1.807) is 0 Å². The first-order chi connectivity index (χ1) is 8.52. The molecule has 0 rings (SSSR count). The van der Waals surface area contributed by atoms with Crippen LogP contribution in [0.5, 0.6) is 0 Å². The van der Waals surface area contributed by atoms with Crippen LogP contribution >= 0.6 is 0 Å². The van der Waals surface area contributed by atoms with Gasteiger partial charge in [-0.1, -0.05) is 13.8 Å². The molecule has 0 saturated heterocycles. The Bertz CT molecular complexity index is 206. The average molecular weight is 258 g/mol. The zero-order chi connectivity index (χ0) is 13.8. The third-order valence-corrected chi connectivity index (χ3v) is 2.43. The first-order valence-electron chi connectivity index (χ1n) is 7.11. The normalized spacial score (nSPS) is 11.2. The summed E-state index contributed by atoms with van der Waals surface area (Å²) in [4.78, 5) is 11.4. The molecule has 0 unspecified atom stereocenters. The number of unbranched alkanes of at least 4 members (excludes halogenated alkanes) is 2. The minimum absolute atomic E-state index is 0.0917. The Labute approximate surface area is 112 Å². The number of ether oxygens (including phenoxy) is 1. The van der Waals surface area contributed by atoms with E-state index in [0.717, 1.165) is 39.0 Å². The molecule has 0 aliphatic carbocycles. The topological polar surface area (TPSA) is 50.4 Å². The first-order valence-corrected chi connectivity index (χ1v) is 7.11. The fraction of sp³-hybridized carbons (Fsp3) is 0.929. The second-order valence-electron chi connectivity index (χ2n) is 5.35. The van der Waals surface area contributed by atoms with E-state index < -0.39 is 0 Å². The van der Waals surface area contributed by atoms with Crippen molar-refractivity contribution in [2.45, 2.75) is 53.1 Å². The van der Waals surface area contributed by atoms with E-state index in [0.29, 0.717) is 18.6 Å². The standard InChI is InChI=1S/C14H30N2O2/c1-12(2)10-15-11-14(17)16-8-6-5-7-9-18-13(3)4/h12-13,15H,5-11H2,1-4H3,(H,16,17). The number of carbonyl (C=O) groups is 1. The molecule has 0 radical (unpaired) electrons. The molecule has 0 bridgehead atoms. The maximum absolute atomic E-state index is 11.4. The van der Waals surface area contributed by atoms with E-state index in [9.17, 15) is 4.79 Å². The van der Waals surface area contributed by atoms with Gasteiger partial charge in [0.2, 0.25) is 5.91 Å². The predicted octanol–water partition coefficient (Wildman–Crippen LogP) is 1.94. The third kappa shape index (κ3) is 13.5. The van der Waals surface area contributed by atoms with Gasteiger partial charge in [0.25, 0.3) is 0 Å². The van der Waals surface area contributed by atoms with E-state index in [-0.39, 0.29) is 5.91 Å². The Balaban J connectivity index is 3.20. The van der Waals surface area contributed by atoms with E-state index in [1.165, 1.54) is 0 Å². The molecule has 4 heteroatoms. The van der Waals surface area contributed by atoms with Gasteiger partial charge in [-0.2, -0.15) is 0 Å². The molecular weight excluding hydrogens is 228 g/mol. The van der Waals surface area contributed by atoms with E-state index in [4.69, 9.17) is 4.74 Å². The van der Waals surface area contributed by atoms with Crippen LogP contribution in [0.25, 0.3) is 0 Å². The molecule has 0 aliphatic heterocycles. The molecule has 0 saturated carbocycles. The summed E-state index contributed by atoms with van der Waals surface area (Å²) in [6.07, 6.45) is 3.51. The van der Waals surface area contributed by atoms with Gasteiger partial charge in [-0.15, -0.1) is 0 Å². The Morgan fingerprint density at radius 2 is 1.83 bits per heavy atom. The van der Waals surface area contributed by atoms with E-state index >= 15 is 0 Å². The van der Waals surface area contributed by atoms with Crippen molar-refractivity contribution in [1.82, 2.24) is 10.6 Å². The van der Waals surface area contributed by atoms with Gasteiger partial charge in [-0.05, 0) is 45.6 Å². The maximum Gasteiger partial charge on any atom is 0.233 e. The molecule has 0 fully saturated rings. The summed E-state index contributed by atoms with van der Waals surface area (Å²) >= 11 is 0. The molecule has 18 heavy (non-hydrogen) atoms. The van der Waals surface area contributed by atoms with Crippen LogP contribution in [-0.4, -0.2) is 38.3 Å². The quantitative estimate of drug-likeness (QED) is 0.557. The van der Waals surface area contributed by atoms with E-state index in [1.807, 2.05) is 13.8 Å². The van der Waals surface area contributed by atoms with Gasteiger partial charge in [0, 0.05) is 13.2 Å². The molecule has 0 aliphatic rings. The van der Waals surface area contributed by atoms with Gasteiger partial charge in [0.1, 0.15) is 0 Å². The fourth-order valence-corrected chi connectivity index (χ4v) is 1.49. The minimum atomic E-state index is 0.0917. The van der Waals surface area contributed by atoms with Crippen LogP contribution in [0.1, 0.15) is 47.0 Å². The van der Waals surface area contributed by atoms with Crippen LogP contribution in [0.3, 0.4) is 0 Å². The molecule has 4 nitrogen and oxygen atoms in total. The third-order valence-electron chi connectivity index (χ3n) is 2.43. The first kappa shape index (κ1) is 17.4. The second kappa shape index (κ2) is 11.5. The van der Waals surface area contributed by atoms with Crippen molar-refractivity contribution in [2.75, 3.05) is 26.2 Å². The highest BCUT2D eigenvalue weighted by Crippen LogP contribution is 1.97. The molecule has 2 N–H and O–H groups in total. The summed E-state index contributed by atoms with van der Waals surface area (Å²) in [6, 6.07) is 0. The molecule has 0 aromatic rings. The average Bonchev–Trinajstić information content (AvgIpc) is 2.26. The zero-order valence-corrected chi connectivity index (χ0v) is 12.4. The van der Waals surface area contributed by atoms with Crippen molar-refractivity contribution in [1.29, 1.82) is 0 Å². The number of nitrogens with one attached hydrogen (secondary N) is 2. The Kier molecular flexibility index (Phi) is 11.1. The van der Waals surface area contributed by atoms with Gasteiger partial charge < -0.3 is 15.4 Å². The van der Waals surface area contributed by atoms with Crippen LogP contribution in [0.2, 0.25) is 0 Å². The number of carbonyl (C=O) groups excluding carboxylic acids is 1. The Hall–Kier alpha value is -0.610. The number of hydrogen-bond acceptors (Lipinski definition) is 3. The van der Waals surface area contributed by atoms with Gasteiger partial charge in [-0.25, -0.2) is 0 Å². The molecule has 0 atom stereocenters. The molecular formula is C14H30N2O2. The smallest absolute Gasteiger partial charge is 0.233 e. The lowest BCUT2D eigenvalue weighted by molar-refractivity contribution is -0.120. The van der Waals surface area contributed by atoms with Crippen molar-refractivity contribution in [3.8, 4) is 0 Å². The van der Waals surface area contributed by atoms with E-state index in [2.05, 4.69) is 24.5 Å². The number of amides is 1. The van der Waals surface area contributed by atoms with Crippen molar-refractivity contribution >= 4 is 5.91 Å². The molecule has 0 aromatic carbocycles.